The second kappa shape index (κ2) is 8.34. The first-order valence-corrected chi connectivity index (χ1v) is 10.5. The third-order valence-electron chi connectivity index (χ3n) is 4.91. The average molecular weight is 437 g/mol. The quantitative estimate of drug-likeness (QED) is 0.422. The third kappa shape index (κ3) is 4.08. The van der Waals surface area contributed by atoms with Crippen LogP contribution in [0.5, 0.6) is 0 Å². The molecule has 4 aromatic heterocycles. The number of rotatable bonds is 5. The summed E-state index contributed by atoms with van der Waals surface area (Å²) in [5.41, 5.74) is 7.14. The number of nitrogens with one attached hydrogen (secondary N) is 2. The van der Waals surface area contributed by atoms with Crippen molar-refractivity contribution in [2.75, 3.05) is 23.8 Å². The summed E-state index contributed by atoms with van der Waals surface area (Å²) in [6.07, 6.45) is 5.72. The molecule has 4 aromatic rings. The normalized spacial score (nSPS) is 18.7. The number of ether oxygens (including phenoxy) is 1. The van der Waals surface area contributed by atoms with Crippen molar-refractivity contribution in [1.29, 1.82) is 0 Å². The Bertz CT molecular complexity index is 1210. The van der Waals surface area contributed by atoms with Crippen LogP contribution in [-0.4, -0.2) is 61.2 Å². The van der Waals surface area contributed by atoms with Crippen molar-refractivity contribution in [1.82, 2.24) is 29.9 Å². The monoisotopic (exact) mass is 437 g/mol. The maximum atomic E-state index is 12.9. The van der Waals surface area contributed by atoms with Crippen LogP contribution >= 0.6 is 11.3 Å². The van der Waals surface area contributed by atoms with E-state index in [1.807, 2.05) is 0 Å². The highest BCUT2D eigenvalue weighted by Gasteiger charge is 2.23. The number of pyridine rings is 1. The molecule has 12 heteroatoms. The predicted molar refractivity (Wildman–Crippen MR) is 115 cm³/mol. The molecule has 0 saturated carbocycles. The zero-order valence-corrected chi connectivity index (χ0v) is 17.1. The third-order valence-corrected chi connectivity index (χ3v) is 5.81. The lowest BCUT2D eigenvalue weighted by atomic mass is 10.1. The zero-order chi connectivity index (χ0) is 21.2. The summed E-state index contributed by atoms with van der Waals surface area (Å²) in [5.74, 6) is 1.08. The molecular weight excluding hydrogens is 418 g/mol. The van der Waals surface area contributed by atoms with E-state index in [-0.39, 0.29) is 18.0 Å². The van der Waals surface area contributed by atoms with Crippen LogP contribution in [0.2, 0.25) is 0 Å². The van der Waals surface area contributed by atoms with Crippen molar-refractivity contribution in [2.45, 2.75) is 18.5 Å². The molecule has 0 aliphatic carbocycles. The van der Waals surface area contributed by atoms with Crippen molar-refractivity contribution in [3.8, 4) is 5.82 Å². The van der Waals surface area contributed by atoms with E-state index in [1.54, 1.807) is 42.2 Å². The fourth-order valence-electron chi connectivity index (χ4n) is 3.30. The summed E-state index contributed by atoms with van der Waals surface area (Å²) in [6.45, 7) is 1.13. The van der Waals surface area contributed by atoms with Gasteiger partial charge in [-0.3, -0.25) is 4.79 Å². The highest BCUT2D eigenvalue weighted by molar-refractivity contribution is 7.17. The maximum absolute atomic E-state index is 12.9. The second-order valence-electron chi connectivity index (χ2n) is 7.02. The van der Waals surface area contributed by atoms with E-state index < -0.39 is 0 Å². The molecular formula is C19H19N9O2S. The zero-order valence-electron chi connectivity index (χ0n) is 16.3. The summed E-state index contributed by atoms with van der Waals surface area (Å²) in [5, 5.41) is 15.5. The standard InChI is InChI=1S/C19H19N9O2S/c20-12-9-30-7-4-13(12)23-19-21-8-14-17(26-19)11(10-31-14)18(29)25-15-2-1-3-16(24-15)28-6-5-22-27-28/h1-3,5-6,8,10,12-13H,4,7,9,20H2,(H,21,23,26)(H,24,25,29)/t12-,13+/m0/s1. The number of amides is 1. The van der Waals surface area contributed by atoms with Crippen LogP contribution in [0, 0.1) is 0 Å². The van der Waals surface area contributed by atoms with Crippen molar-refractivity contribution in [3.63, 3.8) is 0 Å². The van der Waals surface area contributed by atoms with Gasteiger partial charge in [0.1, 0.15) is 5.82 Å². The summed E-state index contributed by atoms with van der Waals surface area (Å²) in [7, 11) is 0. The van der Waals surface area contributed by atoms with Gasteiger partial charge >= 0.3 is 0 Å². The minimum absolute atomic E-state index is 0.0193. The Balaban J connectivity index is 1.37. The van der Waals surface area contributed by atoms with Gasteiger partial charge in [-0.25, -0.2) is 19.6 Å². The number of nitrogens with zero attached hydrogens (tertiary/aromatic N) is 6. The van der Waals surface area contributed by atoms with Gasteiger partial charge in [0.15, 0.2) is 5.82 Å². The molecule has 1 saturated heterocycles. The molecule has 0 radical (unpaired) electrons. The first kappa shape index (κ1) is 19.5. The van der Waals surface area contributed by atoms with Gasteiger partial charge in [0, 0.05) is 24.1 Å². The van der Waals surface area contributed by atoms with Crippen LogP contribution in [0.15, 0.2) is 42.2 Å². The molecule has 5 heterocycles. The SMILES string of the molecule is N[C@H]1COCC[C@H]1Nc1ncc2scc(C(=O)Nc3cccc(-n4ccnn4)n3)c2n1. The number of aromatic nitrogens is 6. The number of hydrogen-bond acceptors (Lipinski definition) is 10. The Kier molecular flexibility index (Phi) is 5.24. The van der Waals surface area contributed by atoms with Crippen molar-refractivity contribution < 1.29 is 9.53 Å². The minimum atomic E-state index is -0.304. The van der Waals surface area contributed by atoms with Crippen LogP contribution in [0.3, 0.4) is 0 Å². The van der Waals surface area contributed by atoms with Crippen molar-refractivity contribution >= 4 is 39.2 Å². The van der Waals surface area contributed by atoms with E-state index in [1.165, 1.54) is 16.0 Å². The van der Waals surface area contributed by atoms with Gasteiger partial charge in [-0.1, -0.05) is 11.3 Å². The Morgan fingerprint density at radius 3 is 3.10 bits per heavy atom. The number of carbonyl (C=O) groups is 1. The molecule has 0 spiro atoms. The molecule has 0 aromatic carbocycles. The van der Waals surface area contributed by atoms with Gasteiger partial charge in [-0.05, 0) is 18.6 Å². The molecule has 11 nitrogen and oxygen atoms in total. The number of thiophene rings is 1. The smallest absolute Gasteiger partial charge is 0.259 e. The van der Waals surface area contributed by atoms with Crippen LogP contribution in [-0.2, 0) is 4.74 Å². The molecule has 1 fully saturated rings. The van der Waals surface area contributed by atoms with Crippen molar-refractivity contribution in [3.05, 3.63) is 47.7 Å². The predicted octanol–water partition coefficient (Wildman–Crippen LogP) is 1.45. The lowest BCUT2D eigenvalue weighted by Gasteiger charge is -2.29. The lowest BCUT2D eigenvalue weighted by molar-refractivity contribution is 0.0751. The molecule has 1 aliphatic rings. The number of fused-ring (bicyclic) bond motifs is 1. The Morgan fingerprint density at radius 1 is 1.32 bits per heavy atom. The highest BCUT2D eigenvalue weighted by atomic mass is 32.1. The molecule has 1 aliphatic heterocycles. The van der Waals surface area contributed by atoms with Crippen LogP contribution in [0.1, 0.15) is 16.8 Å². The first-order valence-electron chi connectivity index (χ1n) is 9.66. The van der Waals surface area contributed by atoms with E-state index in [0.29, 0.717) is 41.9 Å². The maximum Gasteiger partial charge on any atom is 0.259 e. The summed E-state index contributed by atoms with van der Waals surface area (Å²) in [6, 6.07) is 5.15. The largest absolute Gasteiger partial charge is 0.380 e. The summed E-state index contributed by atoms with van der Waals surface area (Å²) in [4.78, 5) is 26.3. The van der Waals surface area contributed by atoms with E-state index in [2.05, 4.69) is 35.9 Å². The number of nitrogens with two attached hydrogens (primary N) is 1. The van der Waals surface area contributed by atoms with Gasteiger partial charge in [-0.15, -0.1) is 16.4 Å². The van der Waals surface area contributed by atoms with E-state index in [4.69, 9.17) is 10.5 Å². The topological polar surface area (TPSA) is 146 Å². The second-order valence-corrected chi connectivity index (χ2v) is 7.93. The van der Waals surface area contributed by atoms with Gasteiger partial charge < -0.3 is 21.1 Å². The number of hydrogen-bond donors (Lipinski definition) is 3. The van der Waals surface area contributed by atoms with Crippen molar-refractivity contribution in [2.24, 2.45) is 5.73 Å². The fourth-order valence-corrected chi connectivity index (χ4v) is 4.14. The molecule has 4 N–H and O–H groups in total. The molecule has 0 unspecified atom stereocenters. The van der Waals surface area contributed by atoms with E-state index in [9.17, 15) is 4.79 Å². The van der Waals surface area contributed by atoms with E-state index in [0.717, 1.165) is 11.1 Å². The number of anilines is 2. The highest BCUT2D eigenvalue weighted by Crippen LogP contribution is 2.26. The number of carbonyl (C=O) groups excluding carboxylic acids is 1. The average Bonchev–Trinajstić information content (AvgIpc) is 3.45. The van der Waals surface area contributed by atoms with Crippen LogP contribution < -0.4 is 16.4 Å². The van der Waals surface area contributed by atoms with Gasteiger partial charge in [0.05, 0.1) is 41.0 Å². The molecule has 0 bridgehead atoms. The molecule has 5 rings (SSSR count). The summed E-state index contributed by atoms with van der Waals surface area (Å²) < 4.78 is 7.71. The minimum Gasteiger partial charge on any atom is -0.380 e. The first-order chi connectivity index (χ1) is 15.2. The molecule has 31 heavy (non-hydrogen) atoms. The Labute approximate surface area is 180 Å². The Morgan fingerprint density at radius 2 is 2.26 bits per heavy atom. The summed E-state index contributed by atoms with van der Waals surface area (Å²) >= 11 is 1.41. The van der Waals surface area contributed by atoms with Gasteiger partial charge in [0.25, 0.3) is 5.91 Å². The van der Waals surface area contributed by atoms with Crippen LogP contribution in [0.25, 0.3) is 16.0 Å². The lowest BCUT2D eigenvalue weighted by Crippen LogP contribution is -2.47. The molecule has 2 atom stereocenters. The fraction of sp³-hybridized carbons (Fsp3) is 0.263. The molecule has 158 valence electrons. The van der Waals surface area contributed by atoms with E-state index >= 15 is 0 Å². The Hall–Kier alpha value is -3.48. The van der Waals surface area contributed by atoms with Gasteiger partial charge in [0.2, 0.25) is 5.95 Å². The van der Waals surface area contributed by atoms with Gasteiger partial charge in [-0.2, -0.15) is 0 Å². The van der Waals surface area contributed by atoms with Crippen LogP contribution in [0.4, 0.5) is 11.8 Å². The molecule has 1 amide bonds.